The molecule has 7 nitrogen and oxygen atoms in total. The maximum atomic E-state index is 13.5. The van der Waals surface area contributed by atoms with Crippen LogP contribution in [-0.2, 0) is 19.6 Å². The Morgan fingerprint density at radius 1 is 0.970 bits per heavy atom. The van der Waals surface area contributed by atoms with Crippen molar-refractivity contribution in [3.8, 4) is 0 Å². The van der Waals surface area contributed by atoms with E-state index in [0.717, 1.165) is 29.2 Å². The zero-order valence-electron chi connectivity index (χ0n) is 17.7. The van der Waals surface area contributed by atoms with Gasteiger partial charge in [-0.2, -0.15) is 4.31 Å². The molecule has 0 aliphatic carbocycles. The molecule has 2 saturated heterocycles. The number of carbonyl (C=O) groups excluding carboxylic acids is 2. The zero-order chi connectivity index (χ0) is 23.6. The molecular formula is C23H23F2N3O4S. The van der Waals surface area contributed by atoms with Crippen molar-refractivity contribution in [1.29, 1.82) is 0 Å². The number of sulfonamides is 1. The van der Waals surface area contributed by atoms with Crippen LogP contribution in [0, 0.1) is 17.6 Å². The van der Waals surface area contributed by atoms with E-state index in [2.05, 4.69) is 0 Å². The minimum atomic E-state index is -3.63. The molecule has 2 aliphatic heterocycles. The minimum absolute atomic E-state index is 0.0267. The lowest BCUT2D eigenvalue weighted by Crippen LogP contribution is -2.51. The Kier molecular flexibility index (Phi) is 6.57. The van der Waals surface area contributed by atoms with Crippen molar-refractivity contribution in [3.05, 3.63) is 71.1 Å². The monoisotopic (exact) mass is 475 g/mol. The van der Waals surface area contributed by atoms with Crippen molar-refractivity contribution >= 4 is 33.6 Å². The van der Waals surface area contributed by atoms with Gasteiger partial charge in [0.1, 0.15) is 11.6 Å². The molecule has 0 bridgehead atoms. The first-order chi connectivity index (χ1) is 15.7. The molecule has 0 saturated carbocycles. The summed E-state index contributed by atoms with van der Waals surface area (Å²) in [5.41, 5.74) is 0.845. The molecule has 1 atom stereocenters. The van der Waals surface area contributed by atoms with Gasteiger partial charge in [0.2, 0.25) is 21.8 Å². The second-order valence-electron chi connectivity index (χ2n) is 8.02. The van der Waals surface area contributed by atoms with Crippen LogP contribution in [0.3, 0.4) is 0 Å². The molecule has 2 fully saturated rings. The predicted molar refractivity (Wildman–Crippen MR) is 119 cm³/mol. The third-order valence-corrected chi connectivity index (χ3v) is 7.34. The number of piperazine rings is 1. The van der Waals surface area contributed by atoms with Gasteiger partial charge >= 0.3 is 0 Å². The van der Waals surface area contributed by atoms with Crippen molar-refractivity contribution in [2.45, 2.75) is 6.42 Å². The number of hydrogen-bond acceptors (Lipinski definition) is 4. The number of benzene rings is 2. The second-order valence-corrected chi connectivity index (χ2v) is 9.83. The van der Waals surface area contributed by atoms with E-state index < -0.39 is 27.6 Å². The van der Waals surface area contributed by atoms with Crippen molar-refractivity contribution in [3.63, 3.8) is 0 Å². The van der Waals surface area contributed by atoms with Crippen LogP contribution in [0.15, 0.2) is 53.9 Å². The summed E-state index contributed by atoms with van der Waals surface area (Å²) in [6.45, 7) is 0.727. The van der Waals surface area contributed by atoms with E-state index in [-0.39, 0.29) is 56.6 Å². The summed E-state index contributed by atoms with van der Waals surface area (Å²) < 4.78 is 53.6. The Hall–Kier alpha value is -3.11. The Labute approximate surface area is 190 Å². The zero-order valence-corrected chi connectivity index (χ0v) is 18.5. The van der Waals surface area contributed by atoms with Crippen LogP contribution in [0.25, 0.3) is 6.08 Å². The van der Waals surface area contributed by atoms with Crippen LogP contribution >= 0.6 is 0 Å². The lowest BCUT2D eigenvalue weighted by atomic mass is 10.1. The number of anilines is 1. The van der Waals surface area contributed by atoms with Crippen molar-refractivity contribution in [2.75, 3.05) is 37.6 Å². The summed E-state index contributed by atoms with van der Waals surface area (Å²) in [5.74, 6) is -2.90. The first kappa shape index (κ1) is 23.1. The first-order valence-electron chi connectivity index (χ1n) is 10.5. The highest BCUT2D eigenvalue weighted by atomic mass is 32.2. The van der Waals surface area contributed by atoms with Crippen molar-refractivity contribution in [2.24, 2.45) is 5.92 Å². The van der Waals surface area contributed by atoms with Crippen LogP contribution in [0.2, 0.25) is 0 Å². The summed E-state index contributed by atoms with van der Waals surface area (Å²) in [7, 11) is -3.63. The summed E-state index contributed by atoms with van der Waals surface area (Å²) in [4.78, 5) is 28.1. The molecule has 2 aromatic carbocycles. The van der Waals surface area contributed by atoms with Gasteiger partial charge in [-0.15, -0.1) is 0 Å². The molecule has 174 valence electrons. The molecule has 0 N–H and O–H groups in total. The van der Waals surface area contributed by atoms with Gasteiger partial charge in [0.15, 0.2) is 0 Å². The molecule has 0 aromatic heterocycles. The van der Waals surface area contributed by atoms with Crippen LogP contribution in [-0.4, -0.2) is 62.2 Å². The molecule has 2 aliphatic rings. The van der Waals surface area contributed by atoms with E-state index in [0.29, 0.717) is 0 Å². The first-order valence-corrected chi connectivity index (χ1v) is 12.0. The van der Waals surface area contributed by atoms with E-state index in [1.807, 2.05) is 18.2 Å². The Balaban J connectivity index is 1.35. The van der Waals surface area contributed by atoms with Crippen LogP contribution in [0.1, 0.15) is 12.0 Å². The molecule has 10 heteroatoms. The van der Waals surface area contributed by atoms with Crippen molar-refractivity contribution in [1.82, 2.24) is 9.21 Å². The highest BCUT2D eigenvalue weighted by Gasteiger charge is 2.39. The molecule has 2 amide bonds. The highest BCUT2D eigenvalue weighted by molar-refractivity contribution is 7.92. The number of carbonyl (C=O) groups is 2. The standard InChI is InChI=1S/C23H23F2N3O4S/c24-19-13-20(25)15-21(14-19)28-16-18(12-22(28)29)23(30)26-7-9-27(10-8-26)33(31,32)11-6-17-4-2-1-3-5-17/h1-6,11,13-15,18H,7-10,12,16H2/b11-6+. The molecule has 0 radical (unpaired) electrons. The topological polar surface area (TPSA) is 78.0 Å². The fraction of sp³-hybridized carbons (Fsp3) is 0.304. The van der Waals surface area contributed by atoms with Gasteiger partial charge in [-0.25, -0.2) is 17.2 Å². The second kappa shape index (κ2) is 9.40. The summed E-state index contributed by atoms with van der Waals surface area (Å²) in [6.07, 6.45) is 1.47. The summed E-state index contributed by atoms with van der Waals surface area (Å²) in [6, 6.07) is 11.9. The third-order valence-electron chi connectivity index (χ3n) is 5.78. The number of halogens is 2. The summed E-state index contributed by atoms with van der Waals surface area (Å²) in [5, 5.41) is 1.16. The van der Waals surface area contributed by atoms with Crippen molar-refractivity contribution < 1.29 is 26.8 Å². The fourth-order valence-corrected chi connectivity index (χ4v) is 5.23. The van der Waals surface area contributed by atoms with Gasteiger partial charge < -0.3 is 9.80 Å². The smallest absolute Gasteiger partial charge is 0.236 e. The minimum Gasteiger partial charge on any atom is -0.340 e. The van der Waals surface area contributed by atoms with Gasteiger partial charge in [-0.1, -0.05) is 30.3 Å². The van der Waals surface area contributed by atoms with E-state index in [9.17, 15) is 26.8 Å². The molecule has 1 unspecified atom stereocenters. The van der Waals surface area contributed by atoms with Crippen LogP contribution in [0.4, 0.5) is 14.5 Å². The molecule has 2 heterocycles. The fourth-order valence-electron chi connectivity index (χ4n) is 4.05. The normalized spacial score (nSPS) is 20.1. The maximum absolute atomic E-state index is 13.5. The van der Waals surface area contributed by atoms with E-state index in [4.69, 9.17) is 0 Å². The average molecular weight is 476 g/mol. The number of hydrogen-bond donors (Lipinski definition) is 0. The number of nitrogens with zero attached hydrogens (tertiary/aromatic N) is 3. The summed E-state index contributed by atoms with van der Waals surface area (Å²) >= 11 is 0. The van der Waals surface area contributed by atoms with Gasteiger partial charge in [-0.05, 0) is 23.8 Å². The quantitative estimate of drug-likeness (QED) is 0.666. The largest absolute Gasteiger partial charge is 0.340 e. The number of amides is 2. The molecule has 33 heavy (non-hydrogen) atoms. The molecular weight excluding hydrogens is 452 g/mol. The number of rotatable bonds is 5. The van der Waals surface area contributed by atoms with E-state index in [1.165, 1.54) is 15.3 Å². The SMILES string of the molecule is O=C(C1CC(=O)N(c2cc(F)cc(F)c2)C1)N1CCN(S(=O)(=O)/C=C/c2ccccc2)CC1. The molecule has 4 rings (SSSR count). The predicted octanol–water partition coefficient (Wildman–Crippen LogP) is 2.46. The highest BCUT2D eigenvalue weighted by Crippen LogP contribution is 2.28. The van der Waals surface area contributed by atoms with E-state index >= 15 is 0 Å². The van der Waals surface area contributed by atoms with Gasteiger partial charge in [0.05, 0.1) is 5.92 Å². The lowest BCUT2D eigenvalue weighted by Gasteiger charge is -2.34. The van der Waals surface area contributed by atoms with Gasteiger partial charge in [0, 0.05) is 56.3 Å². The average Bonchev–Trinajstić information content (AvgIpc) is 3.19. The van der Waals surface area contributed by atoms with Gasteiger partial charge in [-0.3, -0.25) is 9.59 Å². The molecule has 2 aromatic rings. The Bertz CT molecular complexity index is 1160. The van der Waals surface area contributed by atoms with Crippen LogP contribution < -0.4 is 4.90 Å². The van der Waals surface area contributed by atoms with Crippen LogP contribution in [0.5, 0.6) is 0 Å². The third kappa shape index (κ3) is 5.28. The van der Waals surface area contributed by atoms with Gasteiger partial charge in [0.25, 0.3) is 0 Å². The lowest BCUT2D eigenvalue weighted by molar-refractivity contribution is -0.136. The molecule has 0 spiro atoms. The maximum Gasteiger partial charge on any atom is 0.236 e. The Morgan fingerprint density at radius 2 is 1.61 bits per heavy atom. The van der Waals surface area contributed by atoms with E-state index in [1.54, 1.807) is 17.0 Å². The Morgan fingerprint density at radius 3 is 2.24 bits per heavy atom.